The molecular weight excluding hydrogens is 384 g/mol. The summed E-state index contributed by atoms with van der Waals surface area (Å²) in [5.41, 5.74) is 2.08. The molecule has 7 heteroatoms. The molecule has 0 saturated carbocycles. The largest absolute Gasteiger partial charge is 0.503 e. The van der Waals surface area contributed by atoms with Crippen LogP contribution in [0.3, 0.4) is 0 Å². The molecule has 1 aromatic carbocycles. The molecule has 30 heavy (non-hydrogen) atoms. The molecule has 1 atom stereocenters. The molecule has 1 N–H and O–H groups in total. The lowest BCUT2D eigenvalue weighted by Crippen LogP contribution is -2.15. The van der Waals surface area contributed by atoms with Crippen molar-refractivity contribution in [3.63, 3.8) is 0 Å². The monoisotopic (exact) mass is 412 g/mol. The first-order valence-electron chi connectivity index (χ1n) is 9.79. The number of hydrogen-bond donors (Lipinski definition) is 1. The Balaban J connectivity index is 2.18. The van der Waals surface area contributed by atoms with Crippen LogP contribution in [0.1, 0.15) is 50.1 Å². The van der Waals surface area contributed by atoms with E-state index in [0.29, 0.717) is 23.4 Å². The highest BCUT2D eigenvalue weighted by Gasteiger charge is 2.18. The van der Waals surface area contributed by atoms with Gasteiger partial charge >= 0.3 is 5.97 Å². The molecule has 0 aliphatic heterocycles. The smallest absolute Gasteiger partial charge is 0.339 e. The van der Waals surface area contributed by atoms with Crippen molar-refractivity contribution in [2.45, 2.75) is 39.9 Å². The quantitative estimate of drug-likeness (QED) is 0.198. The van der Waals surface area contributed by atoms with E-state index in [1.807, 2.05) is 51.1 Å². The van der Waals surface area contributed by atoms with Gasteiger partial charge in [0.05, 0.1) is 19.1 Å². The number of oxime groups is 1. The number of aliphatic carboxylic acids is 1. The number of carboxylic acids is 1. The van der Waals surface area contributed by atoms with Gasteiger partial charge in [-0.2, -0.15) is 0 Å². The van der Waals surface area contributed by atoms with Crippen LogP contribution in [0.4, 0.5) is 0 Å². The second-order valence-electron chi connectivity index (χ2n) is 6.86. The van der Waals surface area contributed by atoms with E-state index in [1.54, 1.807) is 18.3 Å². The summed E-state index contributed by atoms with van der Waals surface area (Å²) >= 11 is 0. The second kappa shape index (κ2) is 11.6. The van der Waals surface area contributed by atoms with E-state index in [1.165, 1.54) is 13.4 Å². The number of rotatable bonds is 10. The molecular formula is C23H28N2O5. The van der Waals surface area contributed by atoms with Gasteiger partial charge in [-0.05, 0) is 29.7 Å². The Morgan fingerprint density at radius 2 is 1.93 bits per heavy atom. The summed E-state index contributed by atoms with van der Waals surface area (Å²) in [7, 11) is 1.41. The van der Waals surface area contributed by atoms with Gasteiger partial charge in [0.2, 0.25) is 5.90 Å². The normalized spacial score (nSPS) is 13.1. The van der Waals surface area contributed by atoms with Gasteiger partial charge in [-0.25, -0.2) is 4.79 Å². The predicted octanol–water partition coefficient (Wildman–Crippen LogP) is 4.81. The van der Waals surface area contributed by atoms with Gasteiger partial charge in [0.25, 0.3) is 0 Å². The van der Waals surface area contributed by atoms with Crippen LogP contribution in [-0.2, 0) is 25.7 Å². The van der Waals surface area contributed by atoms with Gasteiger partial charge in [-0.1, -0.05) is 56.3 Å². The number of ether oxygens (including phenoxy) is 2. The number of carbonyl (C=O) groups is 1. The van der Waals surface area contributed by atoms with Crippen LogP contribution in [0.2, 0.25) is 0 Å². The number of methoxy groups -OCH3 is 1. The maximum absolute atomic E-state index is 11.6. The van der Waals surface area contributed by atoms with Crippen LogP contribution in [0.5, 0.6) is 0 Å². The van der Waals surface area contributed by atoms with Crippen LogP contribution in [-0.4, -0.2) is 29.1 Å². The van der Waals surface area contributed by atoms with Crippen molar-refractivity contribution in [3.8, 4) is 0 Å². The Kier molecular flexibility index (Phi) is 8.87. The highest BCUT2D eigenvalue weighted by Crippen LogP contribution is 2.22. The van der Waals surface area contributed by atoms with Gasteiger partial charge in [-0.3, -0.25) is 4.98 Å². The lowest BCUT2D eigenvalue weighted by Gasteiger charge is -2.17. The molecule has 160 valence electrons. The fourth-order valence-electron chi connectivity index (χ4n) is 2.73. The maximum atomic E-state index is 11.6. The Hall–Kier alpha value is -3.35. The van der Waals surface area contributed by atoms with Crippen molar-refractivity contribution in [2.24, 2.45) is 11.1 Å². The second-order valence-corrected chi connectivity index (χ2v) is 6.86. The summed E-state index contributed by atoms with van der Waals surface area (Å²) in [6, 6.07) is 12.8. The zero-order valence-electron chi connectivity index (χ0n) is 17.7. The SMILES string of the molecule is CCC(O/N=C(/OCc1ccccc1/C(=C\OC)C(=O)O)C(C)C)c1ccccn1. The minimum atomic E-state index is -1.08. The third kappa shape index (κ3) is 6.34. The van der Waals surface area contributed by atoms with E-state index in [4.69, 9.17) is 14.3 Å². The molecule has 7 nitrogen and oxygen atoms in total. The van der Waals surface area contributed by atoms with E-state index in [2.05, 4.69) is 10.1 Å². The van der Waals surface area contributed by atoms with Crippen LogP contribution >= 0.6 is 0 Å². The fourth-order valence-corrected chi connectivity index (χ4v) is 2.73. The lowest BCUT2D eigenvalue weighted by atomic mass is 10.0. The van der Waals surface area contributed by atoms with Gasteiger partial charge in [0, 0.05) is 12.1 Å². The minimum Gasteiger partial charge on any atom is -0.503 e. The van der Waals surface area contributed by atoms with Crippen molar-refractivity contribution in [3.05, 3.63) is 71.7 Å². The van der Waals surface area contributed by atoms with E-state index in [0.717, 1.165) is 5.69 Å². The summed E-state index contributed by atoms with van der Waals surface area (Å²) in [4.78, 5) is 21.6. The maximum Gasteiger partial charge on any atom is 0.339 e. The third-order valence-electron chi connectivity index (χ3n) is 4.30. The zero-order valence-corrected chi connectivity index (χ0v) is 17.7. The van der Waals surface area contributed by atoms with E-state index < -0.39 is 5.97 Å². The topological polar surface area (TPSA) is 90.2 Å². The first kappa shape index (κ1) is 22.9. The van der Waals surface area contributed by atoms with E-state index >= 15 is 0 Å². The molecule has 1 heterocycles. The number of carboxylic acid groups (broad SMARTS) is 1. The molecule has 2 aromatic rings. The van der Waals surface area contributed by atoms with Gasteiger partial charge in [0.1, 0.15) is 12.2 Å². The summed E-state index contributed by atoms with van der Waals surface area (Å²) in [5, 5.41) is 13.7. The summed E-state index contributed by atoms with van der Waals surface area (Å²) in [6.07, 6.45) is 3.35. The fraction of sp³-hybridized carbons (Fsp3) is 0.348. The number of benzene rings is 1. The Labute approximate surface area is 177 Å². The first-order chi connectivity index (χ1) is 14.5. The minimum absolute atomic E-state index is 0.0214. The van der Waals surface area contributed by atoms with Gasteiger partial charge in [-0.15, -0.1) is 0 Å². The van der Waals surface area contributed by atoms with E-state index in [9.17, 15) is 9.90 Å². The summed E-state index contributed by atoms with van der Waals surface area (Å²) < 4.78 is 10.8. The van der Waals surface area contributed by atoms with Gasteiger partial charge in [0.15, 0.2) is 6.10 Å². The van der Waals surface area contributed by atoms with E-state index in [-0.39, 0.29) is 24.2 Å². The molecule has 0 bridgehead atoms. The lowest BCUT2D eigenvalue weighted by molar-refractivity contribution is -0.130. The predicted molar refractivity (Wildman–Crippen MR) is 114 cm³/mol. The molecule has 0 spiro atoms. The van der Waals surface area contributed by atoms with Crippen LogP contribution in [0.15, 0.2) is 60.1 Å². The molecule has 0 aliphatic rings. The standard InChI is InChI=1S/C23H28N2O5/c1-5-21(20-12-8-9-13-24-20)30-25-22(16(2)3)29-14-17-10-6-7-11-18(17)19(15-28-4)23(26)27/h6-13,15-16,21H,5,14H2,1-4H3,(H,26,27)/b19-15+,25-22+. The van der Waals surface area contributed by atoms with Crippen molar-refractivity contribution in [1.29, 1.82) is 0 Å². The molecule has 0 radical (unpaired) electrons. The molecule has 0 saturated heterocycles. The molecule has 1 aromatic heterocycles. The molecule has 2 rings (SSSR count). The van der Waals surface area contributed by atoms with Crippen molar-refractivity contribution in [1.82, 2.24) is 4.98 Å². The summed E-state index contributed by atoms with van der Waals surface area (Å²) in [5.74, 6) is -0.676. The van der Waals surface area contributed by atoms with Gasteiger partial charge < -0.3 is 19.4 Å². The first-order valence-corrected chi connectivity index (χ1v) is 9.79. The van der Waals surface area contributed by atoms with Crippen LogP contribution in [0.25, 0.3) is 5.57 Å². The number of hydrogen-bond acceptors (Lipinski definition) is 6. The Morgan fingerprint density at radius 1 is 1.20 bits per heavy atom. The number of aromatic nitrogens is 1. The van der Waals surface area contributed by atoms with Crippen molar-refractivity contribution in [2.75, 3.05) is 7.11 Å². The molecule has 0 aliphatic carbocycles. The average Bonchev–Trinajstić information content (AvgIpc) is 2.75. The summed E-state index contributed by atoms with van der Waals surface area (Å²) in [6.45, 7) is 6.04. The number of nitrogens with zero attached hydrogens (tertiary/aromatic N) is 2. The average molecular weight is 412 g/mol. The number of pyridine rings is 1. The van der Waals surface area contributed by atoms with Crippen LogP contribution in [0, 0.1) is 5.92 Å². The van der Waals surface area contributed by atoms with Crippen LogP contribution < -0.4 is 0 Å². The molecule has 0 amide bonds. The highest BCUT2D eigenvalue weighted by atomic mass is 16.7. The zero-order chi connectivity index (χ0) is 21.9. The molecule has 0 fully saturated rings. The Morgan fingerprint density at radius 3 is 2.53 bits per heavy atom. The van der Waals surface area contributed by atoms with Crippen molar-refractivity contribution < 1.29 is 24.2 Å². The Bertz CT molecular complexity index is 878. The van der Waals surface area contributed by atoms with Crippen molar-refractivity contribution >= 4 is 17.4 Å². The highest BCUT2D eigenvalue weighted by molar-refractivity contribution is 6.15. The molecule has 1 unspecified atom stereocenters. The third-order valence-corrected chi connectivity index (χ3v) is 4.30.